The van der Waals surface area contributed by atoms with Crippen molar-refractivity contribution in [1.82, 2.24) is 5.32 Å². The van der Waals surface area contributed by atoms with Crippen LogP contribution in [-0.4, -0.2) is 36.0 Å². The fraction of sp³-hybridized carbons (Fsp3) is 0.250. The zero-order chi connectivity index (χ0) is 17.2. The third-order valence-corrected chi connectivity index (χ3v) is 5.88. The number of nitrogens with one attached hydrogen (secondary N) is 2. The first-order chi connectivity index (χ1) is 10.1. The molecule has 7 nitrogen and oxygen atoms in total. The minimum atomic E-state index is -1.23. The Labute approximate surface area is 167 Å². The number of amides is 3. The lowest BCUT2D eigenvalue weighted by Gasteiger charge is -2.18. The second-order valence-electron chi connectivity index (χ2n) is 4.18. The van der Waals surface area contributed by atoms with E-state index in [9.17, 15) is 19.5 Å². The van der Waals surface area contributed by atoms with E-state index in [-0.39, 0.29) is 16.8 Å². The SMILES string of the molecule is CNC(=O)c1c(I)c(NC(=O)C(C)O)c(I)c(C(N)=O)c1I. The molecule has 3 amide bonds. The molecule has 10 heteroatoms. The van der Waals surface area contributed by atoms with Crippen LogP contribution < -0.4 is 16.4 Å². The fourth-order valence-corrected chi connectivity index (χ4v) is 6.00. The van der Waals surface area contributed by atoms with Gasteiger partial charge in [0, 0.05) is 10.6 Å². The van der Waals surface area contributed by atoms with E-state index < -0.39 is 23.8 Å². The number of aliphatic hydroxyl groups excluding tert-OH is 1. The molecule has 1 rings (SSSR count). The summed E-state index contributed by atoms with van der Waals surface area (Å²) >= 11 is 5.66. The molecule has 1 aromatic carbocycles. The number of carbonyl (C=O) groups excluding carboxylic acids is 3. The third-order valence-electron chi connectivity index (χ3n) is 2.65. The standard InChI is InChI=1S/C12H12I3N3O4/c1-3(19)11(21)18-9-7(14)4(10(16)20)6(13)5(8(9)15)12(22)17-2/h3,19H,1-2H3,(H2,16,20)(H,17,22)(H,18,21). The van der Waals surface area contributed by atoms with Gasteiger partial charge in [-0.2, -0.15) is 0 Å². The topological polar surface area (TPSA) is 122 Å². The van der Waals surface area contributed by atoms with E-state index in [1.807, 2.05) is 67.8 Å². The van der Waals surface area contributed by atoms with Crippen LogP contribution in [0.3, 0.4) is 0 Å². The quantitative estimate of drug-likeness (QED) is 0.370. The first-order valence-electron chi connectivity index (χ1n) is 5.84. The van der Waals surface area contributed by atoms with Gasteiger partial charge >= 0.3 is 0 Å². The molecule has 0 radical (unpaired) electrons. The summed E-state index contributed by atoms with van der Waals surface area (Å²) in [6, 6.07) is 0. The number of halogens is 3. The largest absolute Gasteiger partial charge is 0.384 e. The van der Waals surface area contributed by atoms with Gasteiger partial charge in [-0.15, -0.1) is 0 Å². The van der Waals surface area contributed by atoms with Crippen LogP contribution in [0.2, 0.25) is 0 Å². The van der Waals surface area contributed by atoms with Crippen LogP contribution in [0.15, 0.2) is 0 Å². The summed E-state index contributed by atoms with van der Waals surface area (Å²) in [5.41, 5.74) is 6.07. The zero-order valence-electron chi connectivity index (χ0n) is 11.5. The van der Waals surface area contributed by atoms with E-state index >= 15 is 0 Å². The molecule has 22 heavy (non-hydrogen) atoms. The monoisotopic (exact) mass is 643 g/mol. The number of carbonyl (C=O) groups is 3. The highest BCUT2D eigenvalue weighted by Gasteiger charge is 2.27. The third kappa shape index (κ3) is 4.00. The zero-order valence-corrected chi connectivity index (χ0v) is 17.9. The van der Waals surface area contributed by atoms with Crippen molar-refractivity contribution in [2.45, 2.75) is 13.0 Å². The molecule has 1 atom stereocenters. The molecule has 1 aromatic rings. The number of hydrogen-bond acceptors (Lipinski definition) is 4. The average Bonchev–Trinajstić information content (AvgIpc) is 2.42. The minimum absolute atomic E-state index is 0.154. The van der Waals surface area contributed by atoms with E-state index in [1.165, 1.54) is 14.0 Å². The molecule has 0 aliphatic heterocycles. The van der Waals surface area contributed by atoms with Crippen molar-refractivity contribution >= 4 is 91.2 Å². The molecule has 0 saturated carbocycles. The van der Waals surface area contributed by atoms with Crippen LogP contribution in [-0.2, 0) is 4.79 Å². The summed E-state index contributed by atoms with van der Waals surface area (Å²) in [7, 11) is 1.46. The Balaban J connectivity index is 3.69. The van der Waals surface area contributed by atoms with Gasteiger partial charge < -0.3 is 21.5 Å². The van der Waals surface area contributed by atoms with Gasteiger partial charge in [-0.25, -0.2) is 0 Å². The Morgan fingerprint density at radius 2 is 1.59 bits per heavy atom. The fourth-order valence-electron chi connectivity index (χ4n) is 1.54. The highest BCUT2D eigenvalue weighted by atomic mass is 127. The van der Waals surface area contributed by atoms with Crippen LogP contribution in [0.5, 0.6) is 0 Å². The molecular formula is C12H12I3N3O4. The molecule has 0 fully saturated rings. The van der Waals surface area contributed by atoms with E-state index in [4.69, 9.17) is 5.73 Å². The molecule has 1 unspecified atom stereocenters. The highest BCUT2D eigenvalue weighted by molar-refractivity contribution is 14.1. The lowest BCUT2D eigenvalue weighted by molar-refractivity contribution is -0.123. The van der Waals surface area contributed by atoms with Gasteiger partial charge in [-0.05, 0) is 74.7 Å². The van der Waals surface area contributed by atoms with E-state index in [0.29, 0.717) is 10.7 Å². The second kappa shape index (κ2) is 8.05. The lowest BCUT2D eigenvalue weighted by Crippen LogP contribution is -2.29. The Morgan fingerprint density at radius 3 is 2.00 bits per heavy atom. The molecule has 0 aliphatic rings. The van der Waals surface area contributed by atoms with E-state index in [1.54, 1.807) is 0 Å². The van der Waals surface area contributed by atoms with Crippen molar-refractivity contribution in [3.05, 3.63) is 21.8 Å². The average molecular weight is 643 g/mol. The van der Waals surface area contributed by atoms with Crippen LogP contribution in [0, 0.1) is 10.7 Å². The molecule has 0 spiro atoms. The van der Waals surface area contributed by atoms with Crippen LogP contribution in [0.1, 0.15) is 27.6 Å². The smallest absolute Gasteiger partial charge is 0.253 e. The Morgan fingerprint density at radius 1 is 1.09 bits per heavy atom. The number of primary amides is 1. The second-order valence-corrected chi connectivity index (χ2v) is 7.41. The molecule has 5 N–H and O–H groups in total. The van der Waals surface area contributed by atoms with Gasteiger partial charge in [-0.3, -0.25) is 14.4 Å². The van der Waals surface area contributed by atoms with Crippen LogP contribution >= 0.6 is 67.8 Å². The molecule has 0 bridgehead atoms. The van der Waals surface area contributed by atoms with Crippen molar-refractivity contribution in [2.24, 2.45) is 5.73 Å². The maximum absolute atomic E-state index is 12.1. The summed E-state index contributed by atoms with van der Waals surface area (Å²) in [5.74, 6) is -1.75. The van der Waals surface area contributed by atoms with Gasteiger partial charge in [0.2, 0.25) is 0 Å². The number of nitrogens with two attached hydrogens (primary N) is 1. The maximum atomic E-state index is 12.1. The van der Waals surface area contributed by atoms with Gasteiger partial charge in [0.1, 0.15) is 6.10 Å². The Bertz CT molecular complexity index is 662. The summed E-state index contributed by atoms with van der Waals surface area (Å²) in [5, 5.41) is 14.3. The summed E-state index contributed by atoms with van der Waals surface area (Å²) in [6.07, 6.45) is -1.23. The highest BCUT2D eigenvalue weighted by Crippen LogP contribution is 2.35. The van der Waals surface area contributed by atoms with Crippen LogP contribution in [0.25, 0.3) is 0 Å². The molecule has 120 valence electrons. The number of anilines is 1. The Kier molecular flexibility index (Phi) is 7.25. The maximum Gasteiger partial charge on any atom is 0.253 e. The predicted molar refractivity (Wildman–Crippen MR) is 107 cm³/mol. The number of rotatable bonds is 4. The Hall–Kier alpha value is -0.220. The lowest BCUT2D eigenvalue weighted by atomic mass is 10.1. The van der Waals surface area contributed by atoms with Gasteiger partial charge in [-0.1, -0.05) is 0 Å². The summed E-state index contributed by atoms with van der Waals surface area (Å²) in [4.78, 5) is 35.5. The molecule has 0 aromatic heterocycles. The van der Waals surface area contributed by atoms with Crippen molar-refractivity contribution in [3.63, 3.8) is 0 Å². The normalized spacial score (nSPS) is 11.7. The summed E-state index contributed by atoms with van der Waals surface area (Å²) < 4.78 is 1.29. The van der Waals surface area contributed by atoms with Crippen molar-refractivity contribution in [1.29, 1.82) is 0 Å². The molecule has 0 saturated heterocycles. The minimum Gasteiger partial charge on any atom is -0.384 e. The first-order valence-corrected chi connectivity index (χ1v) is 9.08. The van der Waals surface area contributed by atoms with Gasteiger partial charge in [0.05, 0.1) is 24.0 Å². The number of aliphatic hydroxyl groups is 1. The van der Waals surface area contributed by atoms with E-state index in [2.05, 4.69) is 10.6 Å². The predicted octanol–water partition coefficient (Wildman–Crippen LogP) is 1.28. The molecular weight excluding hydrogens is 631 g/mol. The number of hydrogen-bond donors (Lipinski definition) is 4. The van der Waals surface area contributed by atoms with Gasteiger partial charge in [0.25, 0.3) is 17.7 Å². The van der Waals surface area contributed by atoms with Crippen LogP contribution in [0.4, 0.5) is 5.69 Å². The summed E-state index contributed by atoms with van der Waals surface area (Å²) in [6.45, 7) is 1.32. The first kappa shape index (κ1) is 19.8. The van der Waals surface area contributed by atoms with E-state index in [0.717, 1.165) is 0 Å². The van der Waals surface area contributed by atoms with Crippen molar-refractivity contribution < 1.29 is 19.5 Å². The molecule has 0 aliphatic carbocycles. The molecule has 0 heterocycles. The number of benzene rings is 1. The van der Waals surface area contributed by atoms with Crippen molar-refractivity contribution in [3.8, 4) is 0 Å². The van der Waals surface area contributed by atoms with Gasteiger partial charge in [0.15, 0.2) is 0 Å². The van der Waals surface area contributed by atoms with Crippen molar-refractivity contribution in [2.75, 3.05) is 12.4 Å².